The van der Waals surface area contributed by atoms with Gasteiger partial charge in [-0.2, -0.15) is 8.78 Å². The first-order chi connectivity index (χ1) is 15.0. The molecule has 0 radical (unpaired) electrons. The van der Waals surface area contributed by atoms with Gasteiger partial charge in [0.25, 0.3) is 0 Å². The zero-order valence-corrected chi connectivity index (χ0v) is 17.9. The number of methoxy groups -OCH3 is 1. The van der Waals surface area contributed by atoms with Crippen LogP contribution in [0.25, 0.3) is 6.08 Å². The lowest BCUT2D eigenvalue weighted by Gasteiger charge is -2.29. The Labute approximate surface area is 181 Å². The number of hydrogen-bond acceptors (Lipinski definition) is 4. The molecule has 2 aromatic rings. The number of amides is 1. The Kier molecular flexibility index (Phi) is 7.87. The van der Waals surface area contributed by atoms with Crippen molar-refractivity contribution in [3.63, 3.8) is 0 Å². The molecule has 0 bridgehead atoms. The predicted molar refractivity (Wildman–Crippen MR) is 118 cm³/mol. The van der Waals surface area contributed by atoms with Gasteiger partial charge in [-0.15, -0.1) is 0 Å². The Bertz CT molecular complexity index is 894. The number of carbonyl (C=O) groups excluding carboxylic acids is 1. The number of benzene rings is 2. The largest absolute Gasteiger partial charge is 0.493 e. The number of alkyl halides is 2. The predicted octanol–water partition coefficient (Wildman–Crippen LogP) is 4.96. The molecular formula is C24H28F2N2O3. The number of para-hydroxylation sites is 1. The summed E-state index contributed by atoms with van der Waals surface area (Å²) in [6.07, 6.45) is 6.54. The topological polar surface area (TPSA) is 42.0 Å². The Morgan fingerprint density at radius 1 is 1.13 bits per heavy atom. The van der Waals surface area contributed by atoms with Crippen molar-refractivity contribution < 1.29 is 23.0 Å². The summed E-state index contributed by atoms with van der Waals surface area (Å²) in [5.41, 5.74) is 2.57. The van der Waals surface area contributed by atoms with Gasteiger partial charge in [-0.3, -0.25) is 4.79 Å². The van der Waals surface area contributed by atoms with Crippen LogP contribution in [-0.4, -0.2) is 44.7 Å². The van der Waals surface area contributed by atoms with Crippen molar-refractivity contribution in [1.82, 2.24) is 4.90 Å². The van der Waals surface area contributed by atoms with Crippen molar-refractivity contribution in [3.8, 4) is 11.5 Å². The smallest absolute Gasteiger partial charge is 0.387 e. The molecule has 1 amide bonds. The molecule has 0 N–H and O–H groups in total. The highest BCUT2D eigenvalue weighted by Gasteiger charge is 2.15. The van der Waals surface area contributed by atoms with Crippen LogP contribution in [0.3, 0.4) is 0 Å². The van der Waals surface area contributed by atoms with Gasteiger partial charge in [0.2, 0.25) is 5.91 Å². The van der Waals surface area contributed by atoms with Crippen molar-refractivity contribution in [3.05, 3.63) is 59.7 Å². The monoisotopic (exact) mass is 430 g/mol. The molecule has 0 aliphatic carbocycles. The molecule has 0 atom stereocenters. The summed E-state index contributed by atoms with van der Waals surface area (Å²) in [5.74, 6) is -0.164. The van der Waals surface area contributed by atoms with E-state index in [1.54, 1.807) is 24.1 Å². The molecule has 0 spiro atoms. The molecule has 1 fully saturated rings. The van der Waals surface area contributed by atoms with Gasteiger partial charge in [0, 0.05) is 44.0 Å². The first kappa shape index (κ1) is 22.6. The normalized spacial score (nSPS) is 14.2. The second kappa shape index (κ2) is 10.8. The molecule has 1 aliphatic rings. The second-order valence-electron chi connectivity index (χ2n) is 7.50. The third-order valence-electron chi connectivity index (χ3n) is 5.30. The Morgan fingerprint density at radius 3 is 2.48 bits per heavy atom. The van der Waals surface area contributed by atoms with Crippen molar-refractivity contribution in [2.45, 2.75) is 32.4 Å². The zero-order chi connectivity index (χ0) is 22.2. The van der Waals surface area contributed by atoms with Crippen LogP contribution in [0.15, 0.2) is 48.5 Å². The van der Waals surface area contributed by atoms with Gasteiger partial charge in [-0.1, -0.05) is 24.3 Å². The summed E-state index contributed by atoms with van der Waals surface area (Å²) in [7, 11) is 3.07. The Morgan fingerprint density at radius 2 is 1.84 bits per heavy atom. The number of rotatable bonds is 8. The number of likely N-dealkylation sites (N-methyl/N-ethyl adjacent to an activating group) is 1. The fraction of sp³-hybridized carbons (Fsp3) is 0.375. The molecular weight excluding hydrogens is 402 g/mol. The van der Waals surface area contributed by atoms with Crippen molar-refractivity contribution in [2.75, 3.05) is 32.1 Å². The van der Waals surface area contributed by atoms with Crippen LogP contribution in [0.2, 0.25) is 0 Å². The molecule has 0 aromatic heterocycles. The van der Waals surface area contributed by atoms with Crippen LogP contribution in [0.1, 0.15) is 30.4 Å². The molecule has 2 aromatic carbocycles. The van der Waals surface area contributed by atoms with Crippen LogP contribution in [-0.2, 0) is 11.3 Å². The SMILES string of the molecule is COc1cccc(/C=C/C(=O)N(C)Cc2ccc(N3CCCCC3)cc2)c1OC(F)F. The van der Waals surface area contributed by atoms with Crippen LogP contribution in [0, 0.1) is 0 Å². The number of halogens is 2. The first-order valence-corrected chi connectivity index (χ1v) is 10.4. The molecule has 1 heterocycles. The third kappa shape index (κ3) is 6.20. The fourth-order valence-electron chi connectivity index (χ4n) is 3.64. The van der Waals surface area contributed by atoms with Gasteiger partial charge >= 0.3 is 6.61 Å². The summed E-state index contributed by atoms with van der Waals surface area (Å²) in [6, 6.07) is 13.0. The first-order valence-electron chi connectivity index (χ1n) is 10.4. The molecule has 0 unspecified atom stereocenters. The van der Waals surface area contributed by atoms with Crippen LogP contribution < -0.4 is 14.4 Å². The second-order valence-corrected chi connectivity index (χ2v) is 7.50. The zero-order valence-electron chi connectivity index (χ0n) is 17.9. The van der Waals surface area contributed by atoms with E-state index in [1.165, 1.54) is 50.3 Å². The van der Waals surface area contributed by atoms with Gasteiger partial charge in [-0.05, 0) is 49.1 Å². The third-order valence-corrected chi connectivity index (χ3v) is 5.30. The lowest BCUT2D eigenvalue weighted by molar-refractivity contribution is -0.125. The minimum absolute atomic E-state index is 0.0972. The van der Waals surface area contributed by atoms with E-state index >= 15 is 0 Å². The molecule has 0 saturated carbocycles. The highest BCUT2D eigenvalue weighted by molar-refractivity contribution is 5.92. The van der Waals surface area contributed by atoms with Crippen LogP contribution in [0.5, 0.6) is 11.5 Å². The Balaban J connectivity index is 1.63. The van der Waals surface area contributed by atoms with Crippen molar-refractivity contribution in [1.29, 1.82) is 0 Å². The molecule has 5 nitrogen and oxygen atoms in total. The maximum atomic E-state index is 12.8. The molecule has 1 aliphatic heterocycles. The van der Waals surface area contributed by atoms with E-state index in [4.69, 9.17) is 4.74 Å². The summed E-state index contributed by atoms with van der Waals surface area (Å²) < 4.78 is 35.2. The average molecular weight is 430 g/mol. The fourth-order valence-corrected chi connectivity index (χ4v) is 3.64. The van der Waals surface area contributed by atoms with Crippen molar-refractivity contribution in [2.24, 2.45) is 0 Å². The lowest BCUT2D eigenvalue weighted by atomic mass is 10.1. The Hall–Kier alpha value is -3.09. The molecule has 166 valence electrons. The number of piperidine rings is 1. The van der Waals surface area contributed by atoms with E-state index in [9.17, 15) is 13.6 Å². The van der Waals surface area contributed by atoms with Crippen molar-refractivity contribution >= 4 is 17.7 Å². The number of hydrogen-bond donors (Lipinski definition) is 0. The van der Waals surface area contributed by atoms with Gasteiger partial charge in [0.1, 0.15) is 0 Å². The van der Waals surface area contributed by atoms with E-state index < -0.39 is 6.61 Å². The minimum Gasteiger partial charge on any atom is -0.493 e. The molecule has 7 heteroatoms. The van der Waals surface area contributed by atoms with Gasteiger partial charge in [0.05, 0.1) is 7.11 Å². The van der Waals surface area contributed by atoms with Crippen LogP contribution >= 0.6 is 0 Å². The van der Waals surface area contributed by atoms with E-state index in [1.807, 2.05) is 12.1 Å². The lowest BCUT2D eigenvalue weighted by Crippen LogP contribution is -2.29. The summed E-state index contributed by atoms with van der Waals surface area (Å²) in [6.45, 7) is -0.370. The van der Waals surface area contributed by atoms with Gasteiger partial charge in [0.15, 0.2) is 11.5 Å². The van der Waals surface area contributed by atoms with Gasteiger partial charge < -0.3 is 19.3 Å². The standard InChI is InChI=1S/C24H28F2N2O3/c1-27(17-18-9-12-20(13-10-18)28-15-4-3-5-16-28)22(29)14-11-19-7-6-8-21(30-2)23(19)31-24(25)26/h6-14,24H,3-5,15-17H2,1-2H3/b14-11+. The molecule has 1 saturated heterocycles. The van der Waals surface area contributed by atoms with Gasteiger partial charge in [-0.25, -0.2) is 0 Å². The number of anilines is 1. The summed E-state index contributed by atoms with van der Waals surface area (Å²) in [4.78, 5) is 16.5. The minimum atomic E-state index is -2.99. The van der Waals surface area contributed by atoms with Crippen LogP contribution in [0.4, 0.5) is 14.5 Å². The average Bonchev–Trinajstić information content (AvgIpc) is 2.78. The maximum Gasteiger partial charge on any atom is 0.387 e. The number of ether oxygens (including phenoxy) is 2. The number of carbonyl (C=O) groups is 1. The van der Waals surface area contributed by atoms with E-state index in [0.717, 1.165) is 18.7 Å². The van der Waals surface area contributed by atoms with E-state index in [0.29, 0.717) is 12.1 Å². The summed E-state index contributed by atoms with van der Waals surface area (Å²) in [5, 5.41) is 0. The van der Waals surface area contributed by atoms with E-state index in [2.05, 4.69) is 21.8 Å². The highest BCUT2D eigenvalue weighted by atomic mass is 19.3. The number of nitrogens with zero attached hydrogens (tertiary/aromatic N) is 2. The quantitative estimate of drug-likeness (QED) is 0.555. The van der Waals surface area contributed by atoms with E-state index in [-0.39, 0.29) is 17.4 Å². The summed E-state index contributed by atoms with van der Waals surface area (Å²) >= 11 is 0. The highest BCUT2D eigenvalue weighted by Crippen LogP contribution is 2.33. The molecule has 3 rings (SSSR count). The maximum absolute atomic E-state index is 12.8. The molecule has 31 heavy (non-hydrogen) atoms.